The van der Waals surface area contributed by atoms with Gasteiger partial charge in [0.15, 0.2) is 0 Å². The van der Waals surface area contributed by atoms with E-state index >= 15 is 0 Å². The third kappa shape index (κ3) is 4.39. The molecule has 2 N–H and O–H groups in total. The average molecular weight is 293 g/mol. The Kier molecular flexibility index (Phi) is 5.05. The second-order valence-corrected chi connectivity index (χ2v) is 4.80. The van der Waals surface area contributed by atoms with E-state index in [1.165, 1.54) is 18.2 Å². The van der Waals surface area contributed by atoms with Gasteiger partial charge in [-0.15, -0.1) is 0 Å². The highest BCUT2D eigenvalue weighted by Crippen LogP contribution is 2.14. The third-order valence-corrected chi connectivity index (χ3v) is 3.15. The predicted molar refractivity (Wildman–Crippen MR) is 74.4 cm³/mol. The van der Waals surface area contributed by atoms with Crippen molar-refractivity contribution in [3.63, 3.8) is 0 Å². The van der Waals surface area contributed by atoms with Gasteiger partial charge in [-0.05, 0) is 36.6 Å². The first-order valence-electron chi connectivity index (χ1n) is 6.65. The molecule has 1 atom stereocenters. The van der Waals surface area contributed by atoms with Gasteiger partial charge in [0.1, 0.15) is 5.82 Å². The van der Waals surface area contributed by atoms with Crippen molar-refractivity contribution in [3.05, 3.63) is 41.2 Å². The highest BCUT2D eigenvalue weighted by Gasteiger charge is 2.19. The van der Waals surface area contributed by atoms with Gasteiger partial charge in [0.05, 0.1) is 18.2 Å². The number of halogens is 1. The monoisotopic (exact) mass is 293 g/mol. The number of carbonyl (C=O) groups excluding carboxylic acids is 1. The molecule has 0 bridgehead atoms. The lowest BCUT2D eigenvalue weighted by Gasteiger charge is -2.23. The fourth-order valence-corrected chi connectivity index (χ4v) is 2.11. The van der Waals surface area contributed by atoms with Gasteiger partial charge in [-0.3, -0.25) is 4.79 Å². The third-order valence-electron chi connectivity index (χ3n) is 3.15. The van der Waals surface area contributed by atoms with E-state index in [1.54, 1.807) is 0 Å². The van der Waals surface area contributed by atoms with Gasteiger partial charge in [0.25, 0.3) is 5.91 Å². The second kappa shape index (κ2) is 6.99. The first kappa shape index (κ1) is 15.2. The summed E-state index contributed by atoms with van der Waals surface area (Å²) < 4.78 is 19.0. The zero-order chi connectivity index (χ0) is 15.2. The van der Waals surface area contributed by atoms with Crippen LogP contribution in [0.3, 0.4) is 0 Å². The lowest BCUT2D eigenvalue weighted by molar-refractivity contribution is -0.131. The fraction of sp³-hybridized carbons (Fsp3) is 0.333. The van der Waals surface area contributed by atoms with Crippen LogP contribution in [0.25, 0.3) is 6.08 Å². The molecule has 1 aliphatic heterocycles. The SMILES string of the molecule is O=C(O)C=Cc1ccc(F)c(C(=O)NC2CCCOC2)c1. The summed E-state index contributed by atoms with van der Waals surface area (Å²) in [5, 5.41) is 11.3. The molecule has 1 fully saturated rings. The minimum atomic E-state index is -1.11. The fourth-order valence-electron chi connectivity index (χ4n) is 2.11. The summed E-state index contributed by atoms with van der Waals surface area (Å²) in [6.07, 6.45) is 3.90. The molecule has 1 aliphatic rings. The van der Waals surface area contributed by atoms with E-state index in [0.717, 1.165) is 25.0 Å². The molecule has 0 aromatic heterocycles. The molecule has 1 heterocycles. The van der Waals surface area contributed by atoms with E-state index in [0.29, 0.717) is 18.8 Å². The van der Waals surface area contributed by atoms with Crippen LogP contribution in [0.1, 0.15) is 28.8 Å². The van der Waals surface area contributed by atoms with Gasteiger partial charge in [0.2, 0.25) is 0 Å². The van der Waals surface area contributed by atoms with E-state index in [1.807, 2.05) is 0 Å². The van der Waals surface area contributed by atoms with E-state index in [9.17, 15) is 14.0 Å². The Morgan fingerprint density at radius 2 is 2.24 bits per heavy atom. The van der Waals surface area contributed by atoms with Crippen LogP contribution in [0.5, 0.6) is 0 Å². The molecule has 1 amide bonds. The molecule has 21 heavy (non-hydrogen) atoms. The molecular weight excluding hydrogens is 277 g/mol. The van der Waals surface area contributed by atoms with Crippen molar-refractivity contribution in [2.45, 2.75) is 18.9 Å². The molecule has 1 saturated heterocycles. The summed E-state index contributed by atoms with van der Waals surface area (Å²) in [7, 11) is 0. The van der Waals surface area contributed by atoms with Crippen molar-refractivity contribution in [2.75, 3.05) is 13.2 Å². The van der Waals surface area contributed by atoms with Crippen LogP contribution in [0.4, 0.5) is 4.39 Å². The Morgan fingerprint density at radius 3 is 2.90 bits per heavy atom. The molecule has 5 nitrogen and oxygen atoms in total. The Balaban J connectivity index is 2.11. The minimum absolute atomic E-state index is 0.104. The number of benzene rings is 1. The predicted octanol–water partition coefficient (Wildman–Crippen LogP) is 1.83. The van der Waals surface area contributed by atoms with Crippen LogP contribution < -0.4 is 5.32 Å². The van der Waals surface area contributed by atoms with Crippen LogP contribution in [0.15, 0.2) is 24.3 Å². The zero-order valence-electron chi connectivity index (χ0n) is 11.3. The van der Waals surface area contributed by atoms with Crippen molar-refractivity contribution in [1.82, 2.24) is 5.32 Å². The Hall–Kier alpha value is -2.21. The first-order valence-corrected chi connectivity index (χ1v) is 6.65. The van der Waals surface area contributed by atoms with Crippen molar-refractivity contribution in [1.29, 1.82) is 0 Å². The van der Waals surface area contributed by atoms with Crippen LogP contribution in [0, 0.1) is 5.82 Å². The molecule has 2 rings (SSSR count). The normalized spacial score (nSPS) is 18.6. The van der Waals surface area contributed by atoms with Gasteiger partial charge >= 0.3 is 5.97 Å². The summed E-state index contributed by atoms with van der Waals surface area (Å²) >= 11 is 0. The van der Waals surface area contributed by atoms with Crippen LogP contribution in [-0.4, -0.2) is 36.2 Å². The van der Waals surface area contributed by atoms with Crippen molar-refractivity contribution in [2.24, 2.45) is 0 Å². The van der Waals surface area contributed by atoms with Gasteiger partial charge in [-0.2, -0.15) is 0 Å². The second-order valence-electron chi connectivity index (χ2n) is 4.80. The number of ether oxygens (including phenoxy) is 1. The molecular formula is C15H16FNO4. The molecule has 0 radical (unpaired) electrons. The smallest absolute Gasteiger partial charge is 0.328 e. The Morgan fingerprint density at radius 1 is 1.43 bits per heavy atom. The van der Waals surface area contributed by atoms with Crippen molar-refractivity contribution in [3.8, 4) is 0 Å². The largest absolute Gasteiger partial charge is 0.478 e. The van der Waals surface area contributed by atoms with Crippen LogP contribution in [0.2, 0.25) is 0 Å². The highest BCUT2D eigenvalue weighted by atomic mass is 19.1. The van der Waals surface area contributed by atoms with E-state index < -0.39 is 17.7 Å². The van der Waals surface area contributed by atoms with Gasteiger partial charge < -0.3 is 15.2 Å². The summed E-state index contributed by atoms with van der Waals surface area (Å²) in [4.78, 5) is 22.5. The topological polar surface area (TPSA) is 75.6 Å². The number of carboxylic acid groups (broad SMARTS) is 1. The summed E-state index contributed by atoms with van der Waals surface area (Å²) in [6.45, 7) is 1.10. The molecule has 1 aromatic rings. The molecule has 1 unspecified atom stereocenters. The van der Waals surface area contributed by atoms with E-state index in [2.05, 4.69) is 5.32 Å². The number of hydrogen-bond donors (Lipinski definition) is 2. The van der Waals surface area contributed by atoms with Gasteiger partial charge in [-0.1, -0.05) is 6.07 Å². The lowest BCUT2D eigenvalue weighted by Crippen LogP contribution is -2.40. The van der Waals surface area contributed by atoms with Crippen molar-refractivity contribution < 1.29 is 23.8 Å². The number of carboxylic acids is 1. The van der Waals surface area contributed by atoms with Crippen molar-refractivity contribution >= 4 is 18.0 Å². The maximum atomic E-state index is 13.7. The van der Waals surface area contributed by atoms with E-state index in [-0.39, 0.29) is 11.6 Å². The number of rotatable bonds is 4. The molecule has 0 spiro atoms. The van der Waals surface area contributed by atoms with E-state index in [4.69, 9.17) is 9.84 Å². The van der Waals surface area contributed by atoms with Crippen LogP contribution >= 0.6 is 0 Å². The molecule has 112 valence electrons. The Labute approximate surface area is 121 Å². The van der Waals surface area contributed by atoms with Gasteiger partial charge in [-0.25, -0.2) is 9.18 Å². The molecule has 1 aromatic carbocycles. The zero-order valence-corrected chi connectivity index (χ0v) is 11.3. The molecule has 0 aliphatic carbocycles. The Bertz CT molecular complexity index is 565. The standard InChI is InChI=1S/C15H16FNO4/c16-13-5-3-10(4-6-14(18)19)8-12(13)15(20)17-11-2-1-7-21-9-11/h3-6,8,11H,1-2,7,9H2,(H,17,20)(H,18,19). The summed E-state index contributed by atoms with van der Waals surface area (Å²) in [5.41, 5.74) is 0.344. The molecule has 0 saturated carbocycles. The summed E-state index contributed by atoms with van der Waals surface area (Å²) in [6, 6.07) is 3.76. The average Bonchev–Trinajstić information content (AvgIpc) is 2.47. The molecule has 6 heteroatoms. The number of amides is 1. The maximum absolute atomic E-state index is 13.7. The van der Waals surface area contributed by atoms with Crippen LogP contribution in [-0.2, 0) is 9.53 Å². The summed E-state index contributed by atoms with van der Waals surface area (Å²) in [5.74, 6) is -2.27. The number of nitrogens with one attached hydrogen (secondary N) is 1. The number of hydrogen-bond acceptors (Lipinski definition) is 3. The minimum Gasteiger partial charge on any atom is -0.478 e. The highest BCUT2D eigenvalue weighted by molar-refractivity contribution is 5.95. The maximum Gasteiger partial charge on any atom is 0.328 e. The number of carbonyl (C=O) groups is 2. The number of aliphatic carboxylic acids is 1. The quantitative estimate of drug-likeness (QED) is 0.830. The van der Waals surface area contributed by atoms with Gasteiger partial charge in [0, 0.05) is 12.7 Å². The lowest BCUT2D eigenvalue weighted by atomic mass is 10.1. The first-order chi connectivity index (χ1) is 10.1.